The summed E-state index contributed by atoms with van der Waals surface area (Å²) in [6, 6.07) is 8.44. The first kappa shape index (κ1) is 20.4. The molecule has 0 unspecified atom stereocenters. The van der Waals surface area contributed by atoms with Crippen LogP contribution >= 0.6 is 0 Å². The molecule has 5 nitrogen and oxygen atoms in total. The van der Waals surface area contributed by atoms with E-state index in [9.17, 15) is 13.2 Å². The predicted octanol–water partition coefficient (Wildman–Crippen LogP) is 4.14. The smallest absolute Gasteiger partial charge is 0.433 e. The Labute approximate surface area is 162 Å². The van der Waals surface area contributed by atoms with Crippen LogP contribution in [0, 0.1) is 12.8 Å². The number of hydrogen-bond acceptors (Lipinski definition) is 5. The van der Waals surface area contributed by atoms with E-state index in [1.54, 1.807) is 20.1 Å². The molecule has 0 bridgehead atoms. The maximum Gasteiger partial charge on any atom is 0.433 e. The summed E-state index contributed by atoms with van der Waals surface area (Å²) in [7, 11) is 1.60. The minimum atomic E-state index is -4.44. The summed E-state index contributed by atoms with van der Waals surface area (Å²) in [6.45, 7) is 4.80. The Morgan fingerprint density at radius 1 is 1.25 bits per heavy atom. The number of likely N-dealkylation sites (tertiary alicyclic amines) is 1. The molecule has 0 radical (unpaired) electrons. The number of alkyl halides is 3. The maximum atomic E-state index is 12.9. The largest absolute Gasteiger partial charge is 0.481 e. The van der Waals surface area contributed by atoms with Gasteiger partial charge in [-0.05, 0) is 50.4 Å². The van der Waals surface area contributed by atoms with Crippen LogP contribution in [0.1, 0.15) is 29.9 Å². The van der Waals surface area contributed by atoms with Crippen LogP contribution in [0.2, 0.25) is 0 Å². The third-order valence-electron chi connectivity index (χ3n) is 4.82. The molecule has 152 valence electrons. The number of nitrogens with zero attached hydrogens (tertiary/aromatic N) is 3. The van der Waals surface area contributed by atoms with Crippen LogP contribution in [-0.4, -0.2) is 41.6 Å². The average Bonchev–Trinajstić information content (AvgIpc) is 2.66. The van der Waals surface area contributed by atoms with Crippen molar-refractivity contribution in [2.75, 3.05) is 32.1 Å². The molecular weight excluding hydrogens is 369 g/mol. The number of anilines is 1. The van der Waals surface area contributed by atoms with E-state index in [2.05, 4.69) is 20.2 Å². The molecule has 3 heterocycles. The Kier molecular flexibility index (Phi) is 6.39. The van der Waals surface area contributed by atoms with Gasteiger partial charge in [-0.3, -0.25) is 4.90 Å². The number of halogens is 3. The molecular formula is C20H25F3N4O. The number of aromatic nitrogens is 2. The summed E-state index contributed by atoms with van der Waals surface area (Å²) in [5.41, 5.74) is 0.912. The second-order valence-electron chi connectivity index (χ2n) is 7.18. The van der Waals surface area contributed by atoms with Crippen molar-refractivity contribution in [2.45, 2.75) is 32.5 Å². The van der Waals surface area contributed by atoms with Gasteiger partial charge in [-0.2, -0.15) is 13.2 Å². The van der Waals surface area contributed by atoms with Gasteiger partial charge < -0.3 is 10.1 Å². The van der Waals surface area contributed by atoms with Crippen molar-refractivity contribution in [1.82, 2.24) is 14.9 Å². The minimum absolute atomic E-state index is 0.353. The maximum absolute atomic E-state index is 12.9. The van der Waals surface area contributed by atoms with Gasteiger partial charge in [0.1, 0.15) is 5.69 Å². The van der Waals surface area contributed by atoms with Crippen molar-refractivity contribution < 1.29 is 17.9 Å². The molecule has 1 N–H and O–H groups in total. The molecule has 1 fully saturated rings. The summed E-state index contributed by atoms with van der Waals surface area (Å²) in [4.78, 5) is 10.4. The highest BCUT2D eigenvalue weighted by atomic mass is 19.4. The lowest BCUT2D eigenvalue weighted by atomic mass is 9.97. The van der Waals surface area contributed by atoms with Gasteiger partial charge in [0.2, 0.25) is 5.88 Å². The zero-order valence-electron chi connectivity index (χ0n) is 16.1. The van der Waals surface area contributed by atoms with Crippen molar-refractivity contribution in [2.24, 2.45) is 5.92 Å². The molecule has 1 saturated heterocycles. The van der Waals surface area contributed by atoms with Crippen molar-refractivity contribution in [3.8, 4) is 5.88 Å². The molecule has 1 atom stereocenters. The highest BCUT2D eigenvalue weighted by molar-refractivity contribution is 5.46. The van der Waals surface area contributed by atoms with Crippen LogP contribution in [0.4, 0.5) is 18.9 Å². The monoisotopic (exact) mass is 394 g/mol. The quantitative estimate of drug-likeness (QED) is 0.798. The Morgan fingerprint density at radius 3 is 2.82 bits per heavy atom. The van der Waals surface area contributed by atoms with Crippen molar-refractivity contribution in [1.29, 1.82) is 0 Å². The molecule has 3 rings (SSSR count). The molecule has 0 aliphatic carbocycles. The lowest BCUT2D eigenvalue weighted by Crippen LogP contribution is -2.37. The number of ether oxygens (including phenoxy) is 1. The van der Waals surface area contributed by atoms with E-state index in [0.29, 0.717) is 29.7 Å². The van der Waals surface area contributed by atoms with E-state index in [1.165, 1.54) is 0 Å². The Morgan fingerprint density at radius 2 is 2.07 bits per heavy atom. The van der Waals surface area contributed by atoms with Crippen LogP contribution in [0.3, 0.4) is 0 Å². The van der Waals surface area contributed by atoms with E-state index in [-0.39, 0.29) is 0 Å². The number of rotatable bonds is 6. The average molecular weight is 394 g/mol. The van der Waals surface area contributed by atoms with E-state index in [0.717, 1.165) is 44.2 Å². The second-order valence-corrected chi connectivity index (χ2v) is 7.18. The molecule has 1 aliphatic heterocycles. The van der Waals surface area contributed by atoms with Gasteiger partial charge in [0, 0.05) is 37.1 Å². The van der Waals surface area contributed by atoms with Crippen molar-refractivity contribution >= 4 is 5.69 Å². The molecule has 28 heavy (non-hydrogen) atoms. The first-order valence-electron chi connectivity index (χ1n) is 9.35. The van der Waals surface area contributed by atoms with Gasteiger partial charge in [0.15, 0.2) is 0 Å². The topological polar surface area (TPSA) is 50.3 Å². The van der Waals surface area contributed by atoms with Crippen molar-refractivity contribution in [3.63, 3.8) is 0 Å². The zero-order chi connectivity index (χ0) is 20.1. The molecule has 8 heteroatoms. The fourth-order valence-corrected chi connectivity index (χ4v) is 3.53. The minimum Gasteiger partial charge on any atom is -0.481 e. The molecule has 0 spiro atoms. The fraction of sp³-hybridized carbons (Fsp3) is 0.500. The third-order valence-corrected chi connectivity index (χ3v) is 4.82. The van der Waals surface area contributed by atoms with E-state index < -0.39 is 11.9 Å². The van der Waals surface area contributed by atoms with Gasteiger partial charge in [-0.25, -0.2) is 9.97 Å². The summed E-state index contributed by atoms with van der Waals surface area (Å²) in [5.74, 6) is 0.961. The van der Waals surface area contributed by atoms with Crippen LogP contribution < -0.4 is 10.1 Å². The standard InChI is InChI=1S/C20H25F3N4O/c1-14-9-17(10-18(25-14)20(21,22)23)24-11-15-5-4-8-27(12-15)13-16-6-3-7-19(26-16)28-2/h3,6-7,9-10,15H,4-5,8,11-13H2,1-2H3,(H,24,25)/t15-/m1/s1. The van der Waals surface area contributed by atoms with Crippen LogP contribution in [-0.2, 0) is 12.7 Å². The van der Waals surface area contributed by atoms with Crippen LogP contribution in [0.5, 0.6) is 5.88 Å². The van der Waals surface area contributed by atoms with Crippen LogP contribution in [0.25, 0.3) is 0 Å². The highest BCUT2D eigenvalue weighted by Gasteiger charge is 2.33. The lowest BCUT2D eigenvalue weighted by Gasteiger charge is -2.32. The molecule has 0 aromatic carbocycles. The summed E-state index contributed by atoms with van der Waals surface area (Å²) in [6.07, 6.45) is -2.33. The van der Waals surface area contributed by atoms with Crippen molar-refractivity contribution in [3.05, 3.63) is 47.4 Å². The number of piperidine rings is 1. The highest BCUT2D eigenvalue weighted by Crippen LogP contribution is 2.30. The number of aryl methyl sites for hydroxylation is 1. The van der Waals surface area contributed by atoms with Crippen LogP contribution in [0.15, 0.2) is 30.3 Å². The third kappa shape index (κ3) is 5.58. The normalized spacial score (nSPS) is 18.1. The summed E-state index contributed by atoms with van der Waals surface area (Å²) < 4.78 is 44.0. The first-order valence-corrected chi connectivity index (χ1v) is 9.35. The van der Waals surface area contributed by atoms with Gasteiger partial charge in [0.05, 0.1) is 12.8 Å². The number of methoxy groups -OCH3 is 1. The number of nitrogens with one attached hydrogen (secondary N) is 1. The molecule has 1 aliphatic rings. The number of hydrogen-bond donors (Lipinski definition) is 1. The summed E-state index contributed by atoms with van der Waals surface area (Å²) in [5, 5.41) is 3.17. The molecule has 0 saturated carbocycles. The van der Waals surface area contributed by atoms with E-state index in [1.807, 2.05) is 18.2 Å². The molecule has 2 aromatic rings. The first-order chi connectivity index (χ1) is 13.3. The Hall–Kier alpha value is -2.35. The fourth-order valence-electron chi connectivity index (χ4n) is 3.53. The zero-order valence-corrected chi connectivity index (χ0v) is 16.1. The Bertz CT molecular complexity index is 797. The Balaban J connectivity index is 1.57. The number of pyridine rings is 2. The van der Waals surface area contributed by atoms with E-state index in [4.69, 9.17) is 4.74 Å². The lowest BCUT2D eigenvalue weighted by molar-refractivity contribution is -0.141. The predicted molar refractivity (Wildman–Crippen MR) is 101 cm³/mol. The van der Waals surface area contributed by atoms with E-state index >= 15 is 0 Å². The van der Waals surface area contributed by atoms with Gasteiger partial charge in [-0.15, -0.1) is 0 Å². The van der Waals surface area contributed by atoms with Gasteiger partial charge in [0.25, 0.3) is 0 Å². The van der Waals surface area contributed by atoms with Gasteiger partial charge in [-0.1, -0.05) is 6.07 Å². The molecule has 2 aromatic heterocycles. The summed E-state index contributed by atoms with van der Waals surface area (Å²) >= 11 is 0. The second kappa shape index (κ2) is 8.77. The van der Waals surface area contributed by atoms with Gasteiger partial charge >= 0.3 is 6.18 Å². The molecule has 0 amide bonds. The SMILES string of the molecule is COc1cccc(CN2CCC[C@H](CNc3cc(C)nc(C(F)(F)F)c3)C2)n1.